The number of benzene rings is 1. The Morgan fingerprint density at radius 3 is 2.75 bits per heavy atom. The standard InChI is InChI=1S/C16H19ClN2O/c1-12(2)19-10-13-6-7-16(15(17)9-13)20-11-14-5-3-4-8-18-14/h3-9,12,19H,10-11H2,1-2H3. The molecule has 1 heterocycles. The lowest BCUT2D eigenvalue weighted by atomic mass is 10.2. The van der Waals surface area contributed by atoms with E-state index in [0.717, 1.165) is 17.8 Å². The predicted molar refractivity (Wildman–Crippen MR) is 82.0 cm³/mol. The third-order valence-electron chi connectivity index (χ3n) is 2.81. The summed E-state index contributed by atoms with van der Waals surface area (Å²) in [5, 5.41) is 3.99. The topological polar surface area (TPSA) is 34.1 Å². The fraction of sp³-hybridized carbons (Fsp3) is 0.312. The van der Waals surface area contributed by atoms with Crippen LogP contribution >= 0.6 is 11.6 Å². The van der Waals surface area contributed by atoms with Crippen LogP contribution < -0.4 is 10.1 Å². The van der Waals surface area contributed by atoms with Crippen molar-refractivity contribution >= 4 is 11.6 Å². The van der Waals surface area contributed by atoms with Crippen molar-refractivity contribution in [1.29, 1.82) is 0 Å². The summed E-state index contributed by atoms with van der Waals surface area (Å²) in [7, 11) is 0. The van der Waals surface area contributed by atoms with E-state index < -0.39 is 0 Å². The van der Waals surface area contributed by atoms with Gasteiger partial charge in [0.1, 0.15) is 12.4 Å². The Kier molecular flexibility index (Phi) is 5.39. The van der Waals surface area contributed by atoms with Gasteiger partial charge in [-0.05, 0) is 29.8 Å². The van der Waals surface area contributed by atoms with Gasteiger partial charge in [-0.1, -0.05) is 37.6 Å². The SMILES string of the molecule is CC(C)NCc1ccc(OCc2ccccn2)c(Cl)c1. The molecule has 0 saturated carbocycles. The molecule has 0 amide bonds. The number of nitrogens with one attached hydrogen (secondary N) is 1. The van der Waals surface area contributed by atoms with Crippen LogP contribution in [0.4, 0.5) is 0 Å². The molecule has 0 spiro atoms. The lowest BCUT2D eigenvalue weighted by Crippen LogP contribution is -2.21. The Hall–Kier alpha value is -1.58. The summed E-state index contributed by atoms with van der Waals surface area (Å²) in [6.07, 6.45) is 1.75. The molecule has 0 radical (unpaired) electrons. The minimum Gasteiger partial charge on any atom is -0.486 e. The zero-order valence-electron chi connectivity index (χ0n) is 11.8. The fourth-order valence-electron chi connectivity index (χ4n) is 1.73. The highest BCUT2D eigenvalue weighted by molar-refractivity contribution is 6.32. The van der Waals surface area contributed by atoms with Crippen molar-refractivity contribution in [2.75, 3.05) is 0 Å². The van der Waals surface area contributed by atoms with Crippen molar-refractivity contribution in [2.45, 2.75) is 33.0 Å². The average Bonchev–Trinajstić information content (AvgIpc) is 2.45. The maximum atomic E-state index is 6.24. The molecule has 1 aromatic carbocycles. The number of nitrogens with zero attached hydrogens (tertiary/aromatic N) is 1. The highest BCUT2D eigenvalue weighted by atomic mass is 35.5. The van der Waals surface area contributed by atoms with Gasteiger partial charge in [-0.15, -0.1) is 0 Å². The fourth-order valence-corrected chi connectivity index (χ4v) is 1.99. The van der Waals surface area contributed by atoms with E-state index in [9.17, 15) is 0 Å². The van der Waals surface area contributed by atoms with Gasteiger partial charge in [0.05, 0.1) is 10.7 Å². The van der Waals surface area contributed by atoms with Crippen LogP contribution in [-0.4, -0.2) is 11.0 Å². The molecule has 0 saturated heterocycles. The van der Waals surface area contributed by atoms with Gasteiger partial charge < -0.3 is 10.1 Å². The zero-order valence-corrected chi connectivity index (χ0v) is 12.5. The van der Waals surface area contributed by atoms with Crippen LogP contribution in [-0.2, 0) is 13.2 Å². The van der Waals surface area contributed by atoms with E-state index in [1.807, 2.05) is 36.4 Å². The molecule has 1 aromatic heterocycles. The van der Waals surface area contributed by atoms with Crippen LogP contribution in [0.25, 0.3) is 0 Å². The lowest BCUT2D eigenvalue weighted by Gasteiger charge is -2.11. The molecular weight excluding hydrogens is 272 g/mol. The van der Waals surface area contributed by atoms with Gasteiger partial charge in [-0.3, -0.25) is 4.98 Å². The van der Waals surface area contributed by atoms with Gasteiger partial charge in [0.25, 0.3) is 0 Å². The molecule has 20 heavy (non-hydrogen) atoms. The molecule has 0 aliphatic rings. The molecule has 4 heteroatoms. The Bertz CT molecular complexity index is 543. The highest BCUT2D eigenvalue weighted by Crippen LogP contribution is 2.26. The Morgan fingerprint density at radius 2 is 2.10 bits per heavy atom. The first-order valence-electron chi connectivity index (χ1n) is 6.69. The molecule has 1 N–H and O–H groups in total. The number of hydrogen-bond acceptors (Lipinski definition) is 3. The molecule has 0 aliphatic carbocycles. The van der Waals surface area contributed by atoms with Crippen LogP contribution in [0.1, 0.15) is 25.1 Å². The zero-order chi connectivity index (χ0) is 14.4. The summed E-state index contributed by atoms with van der Waals surface area (Å²) in [4.78, 5) is 4.21. The van der Waals surface area contributed by atoms with Crippen molar-refractivity contribution in [3.63, 3.8) is 0 Å². The number of rotatable bonds is 6. The van der Waals surface area contributed by atoms with E-state index in [1.165, 1.54) is 0 Å². The second-order valence-electron chi connectivity index (χ2n) is 4.91. The van der Waals surface area contributed by atoms with E-state index in [4.69, 9.17) is 16.3 Å². The quantitative estimate of drug-likeness (QED) is 0.878. The number of hydrogen-bond donors (Lipinski definition) is 1. The number of halogens is 1. The molecule has 2 rings (SSSR count). The minimum absolute atomic E-state index is 0.421. The third kappa shape index (κ3) is 4.51. The Balaban J connectivity index is 1.95. The highest BCUT2D eigenvalue weighted by Gasteiger charge is 2.04. The summed E-state index contributed by atoms with van der Waals surface area (Å²) in [6, 6.07) is 12.1. The number of aromatic nitrogens is 1. The monoisotopic (exact) mass is 290 g/mol. The van der Waals surface area contributed by atoms with Gasteiger partial charge in [0.15, 0.2) is 0 Å². The summed E-state index contributed by atoms with van der Waals surface area (Å²) in [6.45, 7) is 5.46. The van der Waals surface area contributed by atoms with Crippen LogP contribution in [0.2, 0.25) is 5.02 Å². The van der Waals surface area contributed by atoms with E-state index in [0.29, 0.717) is 23.4 Å². The lowest BCUT2D eigenvalue weighted by molar-refractivity contribution is 0.301. The summed E-state index contributed by atoms with van der Waals surface area (Å²) < 4.78 is 5.69. The second kappa shape index (κ2) is 7.27. The Morgan fingerprint density at radius 1 is 1.25 bits per heavy atom. The van der Waals surface area contributed by atoms with Crippen molar-refractivity contribution in [1.82, 2.24) is 10.3 Å². The van der Waals surface area contributed by atoms with Crippen molar-refractivity contribution in [3.05, 3.63) is 58.9 Å². The van der Waals surface area contributed by atoms with Crippen LogP contribution in [0.5, 0.6) is 5.75 Å². The molecule has 0 fully saturated rings. The smallest absolute Gasteiger partial charge is 0.138 e. The first-order valence-corrected chi connectivity index (χ1v) is 7.07. The minimum atomic E-state index is 0.421. The first-order chi connectivity index (χ1) is 9.65. The van der Waals surface area contributed by atoms with E-state index in [-0.39, 0.29) is 0 Å². The summed E-state index contributed by atoms with van der Waals surface area (Å²) >= 11 is 6.24. The summed E-state index contributed by atoms with van der Waals surface area (Å²) in [5.41, 5.74) is 2.03. The van der Waals surface area contributed by atoms with Crippen LogP contribution in [0.3, 0.4) is 0 Å². The third-order valence-corrected chi connectivity index (χ3v) is 3.11. The number of ether oxygens (including phenoxy) is 1. The normalized spacial score (nSPS) is 10.8. The van der Waals surface area contributed by atoms with Crippen LogP contribution in [0.15, 0.2) is 42.6 Å². The molecule has 2 aromatic rings. The first kappa shape index (κ1) is 14.8. The summed E-state index contributed by atoms with van der Waals surface area (Å²) in [5.74, 6) is 0.686. The molecule has 0 unspecified atom stereocenters. The van der Waals surface area contributed by atoms with E-state index >= 15 is 0 Å². The largest absolute Gasteiger partial charge is 0.486 e. The maximum Gasteiger partial charge on any atom is 0.138 e. The van der Waals surface area contributed by atoms with Gasteiger partial charge >= 0.3 is 0 Å². The molecule has 0 aliphatic heterocycles. The van der Waals surface area contributed by atoms with Crippen molar-refractivity contribution in [2.24, 2.45) is 0 Å². The van der Waals surface area contributed by atoms with E-state index in [1.54, 1.807) is 6.20 Å². The molecular formula is C16H19ClN2O. The van der Waals surface area contributed by atoms with Gasteiger partial charge in [-0.2, -0.15) is 0 Å². The predicted octanol–water partition coefficient (Wildman–Crippen LogP) is 3.81. The Labute approximate surface area is 124 Å². The average molecular weight is 291 g/mol. The number of pyridine rings is 1. The van der Waals surface area contributed by atoms with Crippen LogP contribution in [0, 0.1) is 0 Å². The molecule has 3 nitrogen and oxygen atoms in total. The maximum absolute atomic E-state index is 6.24. The molecule has 106 valence electrons. The van der Waals surface area contributed by atoms with Gasteiger partial charge in [0, 0.05) is 18.8 Å². The van der Waals surface area contributed by atoms with Gasteiger partial charge in [0.2, 0.25) is 0 Å². The van der Waals surface area contributed by atoms with Crippen molar-refractivity contribution in [3.8, 4) is 5.75 Å². The van der Waals surface area contributed by atoms with E-state index in [2.05, 4.69) is 24.1 Å². The van der Waals surface area contributed by atoms with Crippen molar-refractivity contribution < 1.29 is 4.74 Å². The molecule has 0 bridgehead atoms. The second-order valence-corrected chi connectivity index (χ2v) is 5.32. The van der Waals surface area contributed by atoms with Gasteiger partial charge in [-0.25, -0.2) is 0 Å². The molecule has 0 atom stereocenters.